The smallest absolute Gasteiger partial charge is 0.339 e. The molecule has 0 spiro atoms. The van der Waals surface area contributed by atoms with E-state index >= 15 is 0 Å². The number of nitrogens with zero attached hydrogens (tertiary/aromatic N) is 3. The van der Waals surface area contributed by atoms with Gasteiger partial charge in [-0.3, -0.25) is 10.1 Å². The van der Waals surface area contributed by atoms with Crippen LogP contribution in [0.5, 0.6) is 11.5 Å². The van der Waals surface area contributed by atoms with Crippen LogP contribution < -0.4 is 8.92 Å². The van der Waals surface area contributed by atoms with Crippen LogP contribution in [0, 0.1) is 10.1 Å². The summed E-state index contributed by atoms with van der Waals surface area (Å²) < 4.78 is 36.9. The molecule has 0 N–H and O–H groups in total. The normalized spacial score (nSPS) is 11.6. The Balaban J connectivity index is 1.55. The summed E-state index contributed by atoms with van der Waals surface area (Å²) in [5.41, 5.74) is 2.39. The highest BCUT2D eigenvalue weighted by Gasteiger charge is 2.22. The van der Waals surface area contributed by atoms with Crippen LogP contribution in [-0.4, -0.2) is 30.4 Å². The first-order valence-corrected chi connectivity index (χ1v) is 13.6. The second kappa shape index (κ2) is 11.1. The average Bonchev–Trinajstić information content (AvgIpc) is 2.96. The number of benzene rings is 4. The Morgan fingerprint density at radius 1 is 0.900 bits per heavy atom. The summed E-state index contributed by atoms with van der Waals surface area (Å²) in [5.74, 6) is 0.489. The third kappa shape index (κ3) is 5.63. The van der Waals surface area contributed by atoms with Crippen molar-refractivity contribution in [2.75, 3.05) is 7.11 Å². The average molecular weight is 574 g/mol. The lowest BCUT2D eigenvalue weighted by Gasteiger charge is -2.13. The second-order valence-electron chi connectivity index (χ2n) is 8.46. The molecule has 0 radical (unpaired) electrons. The molecule has 40 heavy (non-hydrogen) atoms. The number of hydrogen-bond donors (Lipinski definition) is 0. The van der Waals surface area contributed by atoms with Crippen LogP contribution in [0.3, 0.4) is 0 Å². The summed E-state index contributed by atoms with van der Waals surface area (Å²) in [6.07, 6.45) is 3.26. The molecule has 4 aromatic carbocycles. The number of methoxy groups -OCH3 is 1. The van der Waals surface area contributed by atoms with Crippen LogP contribution in [-0.2, 0) is 10.1 Å². The summed E-state index contributed by atoms with van der Waals surface area (Å²) in [6, 6.07) is 24.3. The molecule has 0 atom stereocenters. The number of nitro groups is 1. The minimum Gasteiger partial charge on any atom is -0.493 e. The third-order valence-electron chi connectivity index (χ3n) is 5.89. The van der Waals surface area contributed by atoms with Gasteiger partial charge in [-0.2, -0.15) is 8.42 Å². The van der Waals surface area contributed by atoms with Gasteiger partial charge in [-0.1, -0.05) is 54.1 Å². The molecule has 0 saturated carbocycles. The standard InChI is InChI=1S/C29H20ClN3O6S/c1-38-26-9-5-8-20(29(26)39-40(36,37)23-14-12-22(13-15-23)33(34)35)10-17-27-31-25-16-11-21(30)18-24(25)28(32-27)19-6-3-2-4-7-19/h2-18H,1H3/b17-10+. The van der Waals surface area contributed by atoms with Gasteiger partial charge in [0.1, 0.15) is 4.90 Å². The molecule has 0 saturated heterocycles. The highest BCUT2D eigenvalue weighted by Crippen LogP contribution is 2.35. The van der Waals surface area contributed by atoms with Gasteiger partial charge >= 0.3 is 10.1 Å². The van der Waals surface area contributed by atoms with Crippen molar-refractivity contribution in [2.45, 2.75) is 4.90 Å². The van der Waals surface area contributed by atoms with Crippen LogP contribution >= 0.6 is 11.6 Å². The van der Waals surface area contributed by atoms with E-state index in [9.17, 15) is 18.5 Å². The van der Waals surface area contributed by atoms with E-state index < -0.39 is 15.0 Å². The number of non-ortho nitro benzene ring substituents is 1. The largest absolute Gasteiger partial charge is 0.493 e. The van der Waals surface area contributed by atoms with E-state index in [-0.39, 0.29) is 22.1 Å². The lowest BCUT2D eigenvalue weighted by Crippen LogP contribution is -2.11. The minimum atomic E-state index is -4.35. The second-order valence-corrected chi connectivity index (χ2v) is 10.4. The van der Waals surface area contributed by atoms with Crippen molar-refractivity contribution in [1.82, 2.24) is 9.97 Å². The zero-order valence-corrected chi connectivity index (χ0v) is 22.5. The Bertz CT molecular complexity index is 1860. The van der Waals surface area contributed by atoms with Crippen molar-refractivity contribution in [2.24, 2.45) is 0 Å². The molecule has 1 heterocycles. The molecule has 9 nitrogen and oxygen atoms in total. The fourth-order valence-corrected chi connectivity index (χ4v) is 5.12. The van der Waals surface area contributed by atoms with Crippen molar-refractivity contribution in [1.29, 1.82) is 0 Å². The molecule has 0 aliphatic rings. The van der Waals surface area contributed by atoms with Crippen LogP contribution in [0.2, 0.25) is 5.02 Å². The molecule has 0 fully saturated rings. The Morgan fingerprint density at radius 3 is 2.35 bits per heavy atom. The van der Waals surface area contributed by atoms with Gasteiger partial charge in [0.05, 0.1) is 23.2 Å². The van der Waals surface area contributed by atoms with Gasteiger partial charge in [0, 0.05) is 33.7 Å². The molecule has 5 rings (SSSR count). The lowest BCUT2D eigenvalue weighted by molar-refractivity contribution is -0.384. The zero-order chi connectivity index (χ0) is 28.3. The van der Waals surface area contributed by atoms with Gasteiger partial charge in [0.25, 0.3) is 5.69 Å². The molecule has 5 aromatic rings. The number of ether oxygens (including phenoxy) is 1. The monoisotopic (exact) mass is 573 g/mol. The van der Waals surface area contributed by atoms with E-state index in [1.165, 1.54) is 7.11 Å². The van der Waals surface area contributed by atoms with Crippen LogP contribution in [0.4, 0.5) is 5.69 Å². The van der Waals surface area contributed by atoms with Gasteiger partial charge in [0.2, 0.25) is 0 Å². The van der Waals surface area contributed by atoms with Gasteiger partial charge in [-0.05, 0) is 48.6 Å². The molecule has 1 aromatic heterocycles. The fourth-order valence-electron chi connectivity index (χ4n) is 3.98. The van der Waals surface area contributed by atoms with E-state index in [0.29, 0.717) is 27.6 Å². The number of nitro benzene ring substituents is 1. The minimum absolute atomic E-state index is 0.0598. The van der Waals surface area contributed by atoms with Crippen molar-refractivity contribution < 1.29 is 22.3 Å². The first-order chi connectivity index (χ1) is 19.2. The van der Waals surface area contributed by atoms with E-state index in [1.807, 2.05) is 36.4 Å². The van der Waals surface area contributed by atoms with Gasteiger partial charge in [0.15, 0.2) is 17.3 Å². The number of aromatic nitrogens is 2. The first-order valence-electron chi connectivity index (χ1n) is 11.8. The number of para-hydroxylation sites is 1. The van der Waals surface area contributed by atoms with E-state index in [0.717, 1.165) is 35.2 Å². The van der Waals surface area contributed by atoms with Crippen LogP contribution in [0.15, 0.2) is 95.9 Å². The Morgan fingerprint density at radius 2 is 1.65 bits per heavy atom. The molecule has 0 aliphatic heterocycles. The maximum atomic E-state index is 13.0. The predicted molar refractivity (Wildman–Crippen MR) is 153 cm³/mol. The van der Waals surface area contributed by atoms with Crippen LogP contribution in [0.25, 0.3) is 34.3 Å². The Labute approximate surface area is 234 Å². The molecule has 0 aliphatic carbocycles. The number of halogens is 1. The molecule has 11 heteroatoms. The highest BCUT2D eigenvalue weighted by molar-refractivity contribution is 7.87. The molecule has 0 bridgehead atoms. The Kier molecular flexibility index (Phi) is 7.45. The maximum absolute atomic E-state index is 13.0. The van der Waals surface area contributed by atoms with Gasteiger partial charge in [-0.15, -0.1) is 0 Å². The summed E-state index contributed by atoms with van der Waals surface area (Å²) in [4.78, 5) is 19.5. The summed E-state index contributed by atoms with van der Waals surface area (Å²) in [6.45, 7) is 0. The molecule has 0 unspecified atom stereocenters. The summed E-state index contributed by atoms with van der Waals surface area (Å²) in [5, 5.41) is 12.3. The number of rotatable bonds is 8. The topological polar surface area (TPSA) is 122 Å². The van der Waals surface area contributed by atoms with Gasteiger partial charge in [-0.25, -0.2) is 9.97 Å². The van der Waals surface area contributed by atoms with Crippen molar-refractivity contribution in [3.8, 4) is 22.8 Å². The molecule has 200 valence electrons. The first kappa shape index (κ1) is 26.8. The molecular weight excluding hydrogens is 554 g/mol. The highest BCUT2D eigenvalue weighted by atomic mass is 35.5. The van der Waals surface area contributed by atoms with Crippen molar-refractivity contribution >= 4 is 50.5 Å². The third-order valence-corrected chi connectivity index (χ3v) is 7.36. The number of hydrogen-bond acceptors (Lipinski definition) is 8. The van der Waals surface area contributed by atoms with Crippen molar-refractivity contribution in [3.05, 3.63) is 118 Å². The SMILES string of the molecule is COc1cccc(/C=C/c2nc(-c3ccccc3)c3cc(Cl)ccc3n2)c1OS(=O)(=O)c1ccc([N+](=O)[O-])cc1. The van der Waals surface area contributed by atoms with E-state index in [4.69, 9.17) is 25.5 Å². The van der Waals surface area contributed by atoms with Crippen LogP contribution in [0.1, 0.15) is 11.4 Å². The van der Waals surface area contributed by atoms with E-state index in [1.54, 1.807) is 42.5 Å². The predicted octanol–water partition coefficient (Wildman–Crippen LogP) is 6.81. The Hall–Kier alpha value is -4.80. The van der Waals surface area contributed by atoms with Crippen molar-refractivity contribution in [3.63, 3.8) is 0 Å². The molecular formula is C29H20ClN3O6S. The maximum Gasteiger partial charge on any atom is 0.339 e. The lowest BCUT2D eigenvalue weighted by atomic mass is 10.1. The summed E-state index contributed by atoms with van der Waals surface area (Å²) in [7, 11) is -2.96. The van der Waals surface area contributed by atoms with E-state index in [2.05, 4.69) is 4.98 Å². The summed E-state index contributed by atoms with van der Waals surface area (Å²) >= 11 is 6.25. The fraction of sp³-hybridized carbons (Fsp3) is 0.0345. The quantitative estimate of drug-likeness (QED) is 0.113. The number of fused-ring (bicyclic) bond motifs is 1. The molecule has 0 amide bonds. The van der Waals surface area contributed by atoms with Gasteiger partial charge < -0.3 is 8.92 Å². The zero-order valence-electron chi connectivity index (χ0n) is 20.9.